The molecule has 5 nitrogen and oxygen atoms in total. The van der Waals surface area contributed by atoms with E-state index >= 15 is 0 Å². The minimum atomic E-state index is -0.930. The molecular weight excluding hydrogens is 292 g/mol. The largest absolute Gasteiger partial charge is 0.481 e. The third-order valence-corrected chi connectivity index (χ3v) is 4.25. The Morgan fingerprint density at radius 1 is 1.24 bits per heavy atom. The van der Waals surface area contributed by atoms with Gasteiger partial charge >= 0.3 is 5.97 Å². The van der Waals surface area contributed by atoms with Gasteiger partial charge in [0.15, 0.2) is 0 Å². The lowest BCUT2D eigenvalue weighted by Gasteiger charge is -2.27. The topological polar surface area (TPSA) is 79.3 Å². The molecule has 1 aromatic heterocycles. The number of hydrogen-bond acceptors (Lipinski definition) is 3. The van der Waals surface area contributed by atoms with Crippen molar-refractivity contribution in [2.24, 2.45) is 5.41 Å². The predicted octanol–water partition coefficient (Wildman–Crippen LogP) is 3.49. The van der Waals surface area contributed by atoms with Crippen LogP contribution in [0.5, 0.6) is 0 Å². The number of carbonyl (C=O) groups excluding carboxylic acids is 1. The summed E-state index contributed by atoms with van der Waals surface area (Å²) in [5.41, 5.74) is -0.404. The molecule has 1 aliphatic rings. The second kappa shape index (κ2) is 6.89. The van der Waals surface area contributed by atoms with Crippen LogP contribution in [0.15, 0.2) is 18.3 Å². The van der Waals surface area contributed by atoms with Gasteiger partial charge in [-0.2, -0.15) is 0 Å². The first-order valence-corrected chi connectivity index (χ1v) is 7.54. The number of carbonyl (C=O) groups is 2. The van der Waals surface area contributed by atoms with Crippen molar-refractivity contribution in [1.29, 1.82) is 0 Å². The maximum absolute atomic E-state index is 12.2. The number of hydrogen-bond donors (Lipinski definition) is 2. The number of rotatable bonds is 4. The van der Waals surface area contributed by atoms with Crippen LogP contribution in [0.25, 0.3) is 0 Å². The Kier molecular flexibility index (Phi) is 5.17. The fourth-order valence-corrected chi connectivity index (χ4v) is 2.95. The van der Waals surface area contributed by atoms with Crippen LogP contribution in [0.2, 0.25) is 5.15 Å². The Labute approximate surface area is 128 Å². The standard InChI is InChI=1S/C15H19ClN2O3/c16-12-6-5-11(10-17-12)18-13(19)9-15(14(20)21)7-3-1-2-4-8-15/h5-6,10H,1-4,7-9H2,(H,18,19)(H,20,21). The van der Waals surface area contributed by atoms with Crippen molar-refractivity contribution in [3.8, 4) is 0 Å². The highest BCUT2D eigenvalue weighted by Crippen LogP contribution is 2.38. The molecule has 0 bridgehead atoms. The maximum Gasteiger partial charge on any atom is 0.310 e. The lowest BCUT2D eigenvalue weighted by Crippen LogP contribution is -2.35. The molecule has 1 aromatic rings. The molecule has 2 rings (SSSR count). The average molecular weight is 311 g/mol. The zero-order valence-corrected chi connectivity index (χ0v) is 12.5. The summed E-state index contributed by atoms with van der Waals surface area (Å²) in [5.74, 6) is -1.16. The number of carboxylic acid groups (broad SMARTS) is 1. The van der Waals surface area contributed by atoms with Gasteiger partial charge in [0.1, 0.15) is 5.15 Å². The van der Waals surface area contributed by atoms with Crippen LogP contribution < -0.4 is 5.32 Å². The molecule has 1 aliphatic carbocycles. The highest BCUT2D eigenvalue weighted by Gasteiger charge is 2.40. The zero-order valence-electron chi connectivity index (χ0n) is 11.8. The first kappa shape index (κ1) is 15.8. The van der Waals surface area contributed by atoms with E-state index in [1.165, 1.54) is 6.20 Å². The number of amides is 1. The Balaban J connectivity index is 2.04. The average Bonchev–Trinajstić information content (AvgIpc) is 2.68. The van der Waals surface area contributed by atoms with Crippen LogP contribution >= 0.6 is 11.6 Å². The summed E-state index contributed by atoms with van der Waals surface area (Å²) in [4.78, 5) is 27.7. The Morgan fingerprint density at radius 3 is 2.43 bits per heavy atom. The van der Waals surface area contributed by atoms with Gasteiger partial charge in [0.2, 0.25) is 5.91 Å². The number of anilines is 1. The van der Waals surface area contributed by atoms with Crippen LogP contribution in [0.3, 0.4) is 0 Å². The van der Waals surface area contributed by atoms with Crippen molar-refractivity contribution in [3.05, 3.63) is 23.5 Å². The smallest absolute Gasteiger partial charge is 0.310 e. The fraction of sp³-hybridized carbons (Fsp3) is 0.533. The van der Waals surface area contributed by atoms with Crippen molar-refractivity contribution in [3.63, 3.8) is 0 Å². The fourth-order valence-electron chi connectivity index (χ4n) is 2.83. The van der Waals surface area contributed by atoms with Gasteiger partial charge in [0, 0.05) is 6.42 Å². The molecule has 1 heterocycles. The number of aromatic nitrogens is 1. The van der Waals surface area contributed by atoms with E-state index in [-0.39, 0.29) is 12.3 Å². The number of carboxylic acids is 1. The Hall–Kier alpha value is -1.62. The zero-order chi connectivity index (χ0) is 15.3. The van der Waals surface area contributed by atoms with Gasteiger partial charge in [-0.25, -0.2) is 4.98 Å². The molecule has 21 heavy (non-hydrogen) atoms. The third kappa shape index (κ3) is 4.17. The summed E-state index contributed by atoms with van der Waals surface area (Å²) in [6.07, 6.45) is 6.40. The monoisotopic (exact) mass is 310 g/mol. The molecule has 1 fully saturated rings. The number of pyridine rings is 1. The lowest BCUT2D eigenvalue weighted by atomic mass is 9.77. The van der Waals surface area contributed by atoms with Gasteiger partial charge < -0.3 is 10.4 Å². The minimum absolute atomic E-state index is 0.00492. The number of aliphatic carboxylic acids is 1. The van der Waals surface area contributed by atoms with Crippen LogP contribution in [-0.2, 0) is 9.59 Å². The predicted molar refractivity (Wildman–Crippen MR) is 80.3 cm³/mol. The molecule has 1 saturated carbocycles. The molecule has 0 atom stereocenters. The molecule has 6 heteroatoms. The van der Waals surface area contributed by atoms with E-state index in [4.69, 9.17) is 11.6 Å². The van der Waals surface area contributed by atoms with Gasteiger partial charge in [-0.3, -0.25) is 9.59 Å². The normalized spacial score (nSPS) is 17.8. The molecule has 0 aromatic carbocycles. The molecule has 0 unspecified atom stereocenters. The molecule has 0 radical (unpaired) electrons. The van der Waals surface area contributed by atoms with Crippen molar-refractivity contribution in [2.75, 3.05) is 5.32 Å². The molecule has 0 spiro atoms. The van der Waals surface area contributed by atoms with Gasteiger partial charge in [0.05, 0.1) is 17.3 Å². The van der Waals surface area contributed by atoms with Crippen molar-refractivity contribution >= 4 is 29.2 Å². The first-order chi connectivity index (χ1) is 10.0. The van der Waals surface area contributed by atoms with Crippen LogP contribution in [0, 0.1) is 5.41 Å². The van der Waals surface area contributed by atoms with E-state index in [9.17, 15) is 14.7 Å². The number of nitrogens with zero attached hydrogens (tertiary/aromatic N) is 1. The molecule has 114 valence electrons. The van der Waals surface area contributed by atoms with E-state index in [1.807, 2.05) is 0 Å². The van der Waals surface area contributed by atoms with Crippen molar-refractivity contribution in [1.82, 2.24) is 4.98 Å². The Morgan fingerprint density at radius 2 is 1.90 bits per heavy atom. The molecular formula is C15H19ClN2O3. The second-order valence-corrected chi connectivity index (χ2v) is 5.98. The summed E-state index contributed by atoms with van der Waals surface area (Å²) in [6.45, 7) is 0. The quantitative estimate of drug-likeness (QED) is 0.659. The van der Waals surface area contributed by atoms with E-state index in [0.717, 1.165) is 25.7 Å². The van der Waals surface area contributed by atoms with Crippen molar-refractivity contribution in [2.45, 2.75) is 44.9 Å². The first-order valence-electron chi connectivity index (χ1n) is 7.17. The van der Waals surface area contributed by atoms with Crippen LogP contribution in [0.1, 0.15) is 44.9 Å². The summed E-state index contributed by atoms with van der Waals surface area (Å²) in [6, 6.07) is 3.23. The van der Waals surface area contributed by atoms with Gasteiger partial charge in [-0.15, -0.1) is 0 Å². The molecule has 0 aliphatic heterocycles. The Bertz CT molecular complexity index is 508. The summed E-state index contributed by atoms with van der Waals surface area (Å²) in [5, 5.41) is 12.6. The summed E-state index contributed by atoms with van der Waals surface area (Å²) < 4.78 is 0. The minimum Gasteiger partial charge on any atom is -0.481 e. The van der Waals surface area contributed by atoms with Gasteiger partial charge in [-0.1, -0.05) is 37.3 Å². The lowest BCUT2D eigenvalue weighted by molar-refractivity contribution is -0.152. The molecule has 2 N–H and O–H groups in total. The van der Waals surface area contributed by atoms with E-state index in [2.05, 4.69) is 10.3 Å². The second-order valence-electron chi connectivity index (χ2n) is 5.59. The van der Waals surface area contributed by atoms with Crippen LogP contribution in [-0.4, -0.2) is 22.0 Å². The molecule has 1 amide bonds. The van der Waals surface area contributed by atoms with Crippen molar-refractivity contribution < 1.29 is 14.7 Å². The van der Waals surface area contributed by atoms with E-state index < -0.39 is 11.4 Å². The highest BCUT2D eigenvalue weighted by atomic mass is 35.5. The number of halogens is 1. The maximum atomic E-state index is 12.2. The summed E-state index contributed by atoms with van der Waals surface area (Å²) >= 11 is 5.68. The van der Waals surface area contributed by atoms with E-state index in [1.54, 1.807) is 12.1 Å². The van der Waals surface area contributed by atoms with Crippen LogP contribution in [0.4, 0.5) is 5.69 Å². The number of nitrogens with one attached hydrogen (secondary N) is 1. The third-order valence-electron chi connectivity index (χ3n) is 4.02. The van der Waals surface area contributed by atoms with Gasteiger partial charge in [-0.05, 0) is 25.0 Å². The highest BCUT2D eigenvalue weighted by molar-refractivity contribution is 6.29. The summed E-state index contributed by atoms with van der Waals surface area (Å²) in [7, 11) is 0. The molecule has 0 saturated heterocycles. The van der Waals surface area contributed by atoms with E-state index in [0.29, 0.717) is 23.7 Å². The van der Waals surface area contributed by atoms with Gasteiger partial charge in [0.25, 0.3) is 0 Å². The SMILES string of the molecule is O=C(CC1(C(=O)O)CCCCCC1)Nc1ccc(Cl)nc1.